The molecule has 17 heavy (non-hydrogen) atoms. The standard InChI is InChI=1S/C12H17ClN2OS/c1-4-9(8-17-3)15(2)12(16)10-5-6-14-7-11(10)13/h5-7,9H,4,8H2,1-3H3. The fourth-order valence-electron chi connectivity index (χ4n) is 1.60. The lowest BCUT2D eigenvalue weighted by atomic mass is 10.2. The molecule has 0 saturated heterocycles. The molecule has 1 unspecified atom stereocenters. The number of amides is 1. The fraction of sp³-hybridized carbons (Fsp3) is 0.500. The second-order valence-corrected chi connectivity index (χ2v) is 5.11. The molecule has 94 valence electrons. The van der Waals surface area contributed by atoms with E-state index >= 15 is 0 Å². The van der Waals surface area contributed by atoms with Gasteiger partial charge in [-0.25, -0.2) is 0 Å². The highest BCUT2D eigenvalue weighted by molar-refractivity contribution is 7.98. The van der Waals surface area contributed by atoms with Crippen molar-refractivity contribution in [1.29, 1.82) is 0 Å². The largest absolute Gasteiger partial charge is 0.338 e. The molecule has 0 spiro atoms. The van der Waals surface area contributed by atoms with Crippen LogP contribution in [0.2, 0.25) is 5.02 Å². The molecule has 3 nitrogen and oxygen atoms in total. The molecule has 0 N–H and O–H groups in total. The second kappa shape index (κ2) is 6.87. The Morgan fingerprint density at radius 1 is 1.65 bits per heavy atom. The molecule has 0 fully saturated rings. The van der Waals surface area contributed by atoms with E-state index in [-0.39, 0.29) is 11.9 Å². The van der Waals surface area contributed by atoms with E-state index in [2.05, 4.69) is 11.9 Å². The maximum Gasteiger partial charge on any atom is 0.255 e. The van der Waals surface area contributed by atoms with Crippen LogP contribution in [0.5, 0.6) is 0 Å². The summed E-state index contributed by atoms with van der Waals surface area (Å²) in [4.78, 5) is 17.9. The summed E-state index contributed by atoms with van der Waals surface area (Å²) in [5, 5.41) is 0.406. The third-order valence-electron chi connectivity index (χ3n) is 2.70. The number of carbonyl (C=O) groups is 1. The van der Waals surface area contributed by atoms with Gasteiger partial charge in [0.15, 0.2) is 0 Å². The van der Waals surface area contributed by atoms with E-state index in [0.717, 1.165) is 12.2 Å². The molecule has 0 saturated carbocycles. The zero-order valence-corrected chi connectivity index (χ0v) is 11.9. The minimum atomic E-state index is -0.0432. The van der Waals surface area contributed by atoms with Gasteiger partial charge in [0.2, 0.25) is 0 Å². The molecule has 0 aliphatic heterocycles. The number of halogens is 1. The predicted molar refractivity (Wildman–Crippen MR) is 73.8 cm³/mol. The average molecular weight is 273 g/mol. The van der Waals surface area contributed by atoms with E-state index in [9.17, 15) is 4.79 Å². The van der Waals surface area contributed by atoms with Gasteiger partial charge in [-0.2, -0.15) is 11.8 Å². The van der Waals surface area contributed by atoms with Crippen molar-refractivity contribution >= 4 is 29.3 Å². The minimum absolute atomic E-state index is 0.0432. The van der Waals surface area contributed by atoms with Crippen LogP contribution >= 0.6 is 23.4 Å². The lowest BCUT2D eigenvalue weighted by Gasteiger charge is -2.27. The Labute approximate surface area is 112 Å². The summed E-state index contributed by atoms with van der Waals surface area (Å²) in [6.07, 6.45) is 6.06. The summed E-state index contributed by atoms with van der Waals surface area (Å²) >= 11 is 7.71. The van der Waals surface area contributed by atoms with Crippen LogP contribution in [-0.2, 0) is 0 Å². The fourth-order valence-corrected chi connectivity index (χ4v) is 2.64. The van der Waals surface area contributed by atoms with Crippen molar-refractivity contribution in [3.05, 3.63) is 29.0 Å². The average Bonchev–Trinajstić information content (AvgIpc) is 2.35. The van der Waals surface area contributed by atoms with Crippen LogP contribution in [0.25, 0.3) is 0 Å². The van der Waals surface area contributed by atoms with Crippen LogP contribution in [0.15, 0.2) is 18.5 Å². The van der Waals surface area contributed by atoms with Gasteiger partial charge in [0.05, 0.1) is 10.6 Å². The summed E-state index contributed by atoms with van der Waals surface area (Å²) in [6.45, 7) is 2.08. The molecule has 0 aliphatic rings. The predicted octanol–water partition coefficient (Wildman–Crippen LogP) is 2.95. The maximum absolute atomic E-state index is 12.2. The van der Waals surface area contributed by atoms with Crippen LogP contribution in [-0.4, -0.2) is 40.9 Å². The van der Waals surface area contributed by atoms with E-state index in [1.165, 1.54) is 6.20 Å². The molecule has 0 aromatic carbocycles. The summed E-state index contributed by atoms with van der Waals surface area (Å²) in [7, 11) is 1.82. The minimum Gasteiger partial charge on any atom is -0.338 e. The van der Waals surface area contributed by atoms with E-state index < -0.39 is 0 Å². The molecule has 1 heterocycles. The molecule has 1 rings (SSSR count). The molecule has 0 radical (unpaired) electrons. The van der Waals surface area contributed by atoms with Gasteiger partial charge in [-0.15, -0.1) is 0 Å². The number of rotatable bonds is 5. The number of aromatic nitrogens is 1. The first-order valence-corrected chi connectivity index (χ1v) is 7.24. The number of carbonyl (C=O) groups excluding carboxylic acids is 1. The second-order valence-electron chi connectivity index (χ2n) is 3.79. The third-order valence-corrected chi connectivity index (χ3v) is 3.72. The van der Waals surface area contributed by atoms with Crippen molar-refractivity contribution in [3.63, 3.8) is 0 Å². The van der Waals surface area contributed by atoms with Gasteiger partial charge >= 0.3 is 0 Å². The number of thioether (sulfide) groups is 1. The molecule has 0 bridgehead atoms. The van der Waals surface area contributed by atoms with Crippen LogP contribution in [0, 0.1) is 0 Å². The molecular weight excluding hydrogens is 256 g/mol. The molecule has 1 atom stereocenters. The van der Waals surface area contributed by atoms with Crippen molar-refractivity contribution < 1.29 is 4.79 Å². The third kappa shape index (κ3) is 3.61. The van der Waals surface area contributed by atoms with Crippen LogP contribution in [0.1, 0.15) is 23.7 Å². The Kier molecular flexibility index (Phi) is 5.78. The zero-order chi connectivity index (χ0) is 12.8. The lowest BCUT2D eigenvalue weighted by Crippen LogP contribution is -2.38. The number of pyridine rings is 1. The van der Waals surface area contributed by atoms with Gasteiger partial charge in [-0.3, -0.25) is 9.78 Å². The molecule has 0 aliphatic carbocycles. The molecule has 1 aromatic rings. The van der Waals surface area contributed by atoms with Gasteiger partial charge in [-0.05, 0) is 18.7 Å². The first kappa shape index (κ1) is 14.3. The SMILES string of the molecule is CCC(CSC)N(C)C(=O)c1ccncc1Cl. The van der Waals surface area contributed by atoms with E-state index in [0.29, 0.717) is 10.6 Å². The number of hydrogen-bond donors (Lipinski definition) is 0. The Balaban J connectivity index is 2.85. The van der Waals surface area contributed by atoms with Crippen molar-refractivity contribution in [3.8, 4) is 0 Å². The van der Waals surface area contributed by atoms with Crippen molar-refractivity contribution in [2.45, 2.75) is 19.4 Å². The van der Waals surface area contributed by atoms with Crippen LogP contribution in [0.4, 0.5) is 0 Å². The van der Waals surface area contributed by atoms with Gasteiger partial charge in [0, 0.05) is 31.2 Å². The highest BCUT2D eigenvalue weighted by Gasteiger charge is 2.21. The normalized spacial score (nSPS) is 12.2. The Morgan fingerprint density at radius 3 is 2.88 bits per heavy atom. The summed E-state index contributed by atoms with van der Waals surface area (Å²) < 4.78 is 0. The van der Waals surface area contributed by atoms with E-state index in [1.807, 2.05) is 13.3 Å². The van der Waals surface area contributed by atoms with Crippen molar-refractivity contribution in [2.24, 2.45) is 0 Å². The summed E-state index contributed by atoms with van der Waals surface area (Å²) in [5.74, 6) is 0.889. The van der Waals surface area contributed by atoms with E-state index in [1.54, 1.807) is 28.9 Å². The Hall–Kier alpha value is -0.740. The first-order chi connectivity index (χ1) is 8.11. The number of nitrogens with zero attached hydrogens (tertiary/aromatic N) is 2. The summed E-state index contributed by atoms with van der Waals surface area (Å²) in [6, 6.07) is 1.90. The topological polar surface area (TPSA) is 33.2 Å². The van der Waals surface area contributed by atoms with Gasteiger partial charge < -0.3 is 4.90 Å². The van der Waals surface area contributed by atoms with E-state index in [4.69, 9.17) is 11.6 Å². The van der Waals surface area contributed by atoms with Crippen LogP contribution in [0.3, 0.4) is 0 Å². The smallest absolute Gasteiger partial charge is 0.255 e. The highest BCUT2D eigenvalue weighted by Crippen LogP contribution is 2.18. The molecular formula is C12H17ClN2OS. The van der Waals surface area contributed by atoms with Gasteiger partial charge in [0.25, 0.3) is 5.91 Å². The summed E-state index contributed by atoms with van der Waals surface area (Å²) in [5.41, 5.74) is 0.517. The molecule has 1 amide bonds. The highest BCUT2D eigenvalue weighted by atomic mass is 35.5. The first-order valence-electron chi connectivity index (χ1n) is 5.47. The van der Waals surface area contributed by atoms with Crippen LogP contribution < -0.4 is 0 Å². The Bertz CT molecular complexity index is 387. The molecule has 5 heteroatoms. The number of hydrogen-bond acceptors (Lipinski definition) is 3. The monoisotopic (exact) mass is 272 g/mol. The molecule has 1 aromatic heterocycles. The van der Waals surface area contributed by atoms with Crippen molar-refractivity contribution in [2.75, 3.05) is 19.1 Å². The van der Waals surface area contributed by atoms with Gasteiger partial charge in [-0.1, -0.05) is 18.5 Å². The maximum atomic E-state index is 12.2. The zero-order valence-electron chi connectivity index (χ0n) is 10.3. The van der Waals surface area contributed by atoms with Crippen molar-refractivity contribution in [1.82, 2.24) is 9.88 Å². The Morgan fingerprint density at radius 2 is 2.35 bits per heavy atom. The quantitative estimate of drug-likeness (QED) is 0.826. The van der Waals surface area contributed by atoms with Gasteiger partial charge in [0.1, 0.15) is 0 Å². The lowest BCUT2D eigenvalue weighted by molar-refractivity contribution is 0.0743.